The van der Waals surface area contributed by atoms with E-state index in [1.54, 1.807) is 19.1 Å². The standard InChI is InChI=1S/C13H17FO3/c1-8(14)10-6-12-13(7-11(10)9(2)15)17-5-3-4-16-12/h6-9,15H,3-5H2,1-2H3. The van der Waals surface area contributed by atoms with Gasteiger partial charge in [-0.1, -0.05) is 0 Å². The smallest absolute Gasteiger partial charge is 0.161 e. The fourth-order valence-corrected chi connectivity index (χ4v) is 1.95. The van der Waals surface area contributed by atoms with Crippen LogP contribution in [0.1, 0.15) is 43.7 Å². The molecule has 4 heteroatoms. The van der Waals surface area contributed by atoms with E-state index in [1.807, 2.05) is 0 Å². The van der Waals surface area contributed by atoms with Crippen LogP contribution in [0.2, 0.25) is 0 Å². The SMILES string of the molecule is CC(O)c1cc2c(cc1C(C)F)OCCCO2. The molecule has 17 heavy (non-hydrogen) atoms. The van der Waals surface area contributed by atoms with Gasteiger partial charge in [0, 0.05) is 6.42 Å². The molecule has 1 aliphatic heterocycles. The minimum Gasteiger partial charge on any atom is -0.490 e. The van der Waals surface area contributed by atoms with E-state index in [0.29, 0.717) is 35.8 Å². The first-order valence-electron chi connectivity index (χ1n) is 5.85. The zero-order valence-electron chi connectivity index (χ0n) is 10.1. The van der Waals surface area contributed by atoms with Crippen LogP contribution in [0.15, 0.2) is 12.1 Å². The van der Waals surface area contributed by atoms with Gasteiger partial charge in [-0.15, -0.1) is 0 Å². The molecule has 2 atom stereocenters. The quantitative estimate of drug-likeness (QED) is 0.863. The second-order valence-corrected chi connectivity index (χ2v) is 4.27. The van der Waals surface area contributed by atoms with E-state index >= 15 is 0 Å². The lowest BCUT2D eigenvalue weighted by atomic mass is 9.99. The highest BCUT2D eigenvalue weighted by Gasteiger charge is 2.20. The van der Waals surface area contributed by atoms with Crippen LogP contribution in [0, 0.1) is 0 Å². The Labute approximate surface area is 100 Å². The molecular formula is C13H17FO3. The second kappa shape index (κ2) is 4.92. The number of aliphatic hydroxyl groups excluding tert-OH is 1. The van der Waals surface area contributed by atoms with Crippen molar-refractivity contribution in [3.63, 3.8) is 0 Å². The van der Waals surface area contributed by atoms with Crippen molar-refractivity contribution in [2.75, 3.05) is 13.2 Å². The molecule has 1 N–H and O–H groups in total. The Morgan fingerprint density at radius 3 is 2.12 bits per heavy atom. The van der Waals surface area contributed by atoms with E-state index in [4.69, 9.17) is 9.47 Å². The van der Waals surface area contributed by atoms with Crippen molar-refractivity contribution < 1.29 is 19.0 Å². The van der Waals surface area contributed by atoms with Crippen LogP contribution < -0.4 is 9.47 Å². The molecule has 2 unspecified atom stereocenters. The maximum absolute atomic E-state index is 13.5. The van der Waals surface area contributed by atoms with Gasteiger partial charge in [0.05, 0.1) is 19.3 Å². The van der Waals surface area contributed by atoms with Crippen molar-refractivity contribution in [3.8, 4) is 11.5 Å². The fraction of sp³-hybridized carbons (Fsp3) is 0.538. The largest absolute Gasteiger partial charge is 0.490 e. The third-order valence-electron chi connectivity index (χ3n) is 2.83. The number of benzene rings is 1. The summed E-state index contributed by atoms with van der Waals surface area (Å²) in [6.45, 7) is 4.22. The zero-order chi connectivity index (χ0) is 12.4. The van der Waals surface area contributed by atoms with Crippen LogP contribution >= 0.6 is 0 Å². The summed E-state index contributed by atoms with van der Waals surface area (Å²) in [5.41, 5.74) is 1.02. The third kappa shape index (κ3) is 2.52. The maximum atomic E-state index is 13.5. The summed E-state index contributed by atoms with van der Waals surface area (Å²) in [5, 5.41) is 9.66. The fourth-order valence-electron chi connectivity index (χ4n) is 1.95. The minimum atomic E-state index is -1.14. The van der Waals surface area contributed by atoms with Gasteiger partial charge in [0.15, 0.2) is 11.5 Å². The highest BCUT2D eigenvalue weighted by Crippen LogP contribution is 2.38. The Kier molecular flexibility index (Phi) is 3.52. The second-order valence-electron chi connectivity index (χ2n) is 4.27. The van der Waals surface area contributed by atoms with Gasteiger partial charge in [0.2, 0.25) is 0 Å². The Balaban J connectivity index is 2.48. The molecule has 1 aliphatic rings. The molecule has 0 radical (unpaired) electrons. The number of alkyl halides is 1. The van der Waals surface area contributed by atoms with Crippen molar-refractivity contribution >= 4 is 0 Å². The molecule has 0 saturated carbocycles. The summed E-state index contributed by atoms with van der Waals surface area (Å²) in [4.78, 5) is 0. The van der Waals surface area contributed by atoms with Gasteiger partial charge >= 0.3 is 0 Å². The van der Waals surface area contributed by atoms with Crippen LogP contribution in [-0.2, 0) is 0 Å². The van der Waals surface area contributed by atoms with Crippen LogP contribution in [0.3, 0.4) is 0 Å². The molecule has 0 aliphatic carbocycles. The lowest BCUT2D eigenvalue weighted by Crippen LogP contribution is -2.02. The predicted octanol–water partition coefficient (Wildman–Crippen LogP) is 2.93. The van der Waals surface area contributed by atoms with Crippen molar-refractivity contribution in [3.05, 3.63) is 23.3 Å². The Bertz CT molecular complexity index is 365. The normalized spacial score (nSPS) is 18.4. The van der Waals surface area contributed by atoms with Crippen LogP contribution in [0.4, 0.5) is 4.39 Å². The van der Waals surface area contributed by atoms with Gasteiger partial charge in [0.25, 0.3) is 0 Å². The first kappa shape index (κ1) is 12.2. The number of ether oxygens (including phenoxy) is 2. The number of hydrogen-bond acceptors (Lipinski definition) is 3. The van der Waals surface area contributed by atoms with Crippen molar-refractivity contribution in [2.45, 2.75) is 32.5 Å². The minimum absolute atomic E-state index is 0.462. The summed E-state index contributed by atoms with van der Waals surface area (Å²) in [7, 11) is 0. The average molecular weight is 240 g/mol. The van der Waals surface area contributed by atoms with Crippen molar-refractivity contribution in [1.82, 2.24) is 0 Å². The molecule has 0 spiro atoms. The maximum Gasteiger partial charge on any atom is 0.161 e. The van der Waals surface area contributed by atoms with Crippen LogP contribution in [0.25, 0.3) is 0 Å². The van der Waals surface area contributed by atoms with E-state index in [0.717, 1.165) is 6.42 Å². The van der Waals surface area contributed by atoms with E-state index in [9.17, 15) is 9.50 Å². The van der Waals surface area contributed by atoms with E-state index < -0.39 is 12.3 Å². The van der Waals surface area contributed by atoms with E-state index in [2.05, 4.69) is 0 Å². The van der Waals surface area contributed by atoms with Gasteiger partial charge < -0.3 is 14.6 Å². The number of aliphatic hydroxyl groups is 1. The number of fused-ring (bicyclic) bond motifs is 1. The van der Waals surface area contributed by atoms with E-state index in [1.165, 1.54) is 6.92 Å². The molecule has 0 bridgehead atoms. The molecule has 1 aromatic carbocycles. The topological polar surface area (TPSA) is 38.7 Å². The zero-order valence-corrected chi connectivity index (χ0v) is 10.1. The van der Waals surface area contributed by atoms with Gasteiger partial charge in [-0.25, -0.2) is 4.39 Å². The molecule has 2 rings (SSSR count). The average Bonchev–Trinajstić information content (AvgIpc) is 2.51. The van der Waals surface area contributed by atoms with Gasteiger partial charge in [-0.05, 0) is 37.1 Å². The molecule has 94 valence electrons. The van der Waals surface area contributed by atoms with Gasteiger partial charge in [-0.3, -0.25) is 0 Å². The Hall–Kier alpha value is -1.29. The highest BCUT2D eigenvalue weighted by molar-refractivity contribution is 5.49. The Morgan fingerprint density at radius 1 is 1.12 bits per heavy atom. The van der Waals surface area contributed by atoms with Crippen molar-refractivity contribution in [2.24, 2.45) is 0 Å². The summed E-state index contributed by atoms with van der Waals surface area (Å²) in [6, 6.07) is 3.31. The summed E-state index contributed by atoms with van der Waals surface area (Å²) in [5.74, 6) is 1.15. The lowest BCUT2D eigenvalue weighted by molar-refractivity contribution is 0.194. The first-order chi connectivity index (χ1) is 8.09. The van der Waals surface area contributed by atoms with Gasteiger partial charge in [-0.2, -0.15) is 0 Å². The Morgan fingerprint density at radius 2 is 1.65 bits per heavy atom. The molecule has 1 aromatic rings. The number of hydrogen-bond donors (Lipinski definition) is 1. The molecule has 0 aromatic heterocycles. The lowest BCUT2D eigenvalue weighted by Gasteiger charge is -2.17. The van der Waals surface area contributed by atoms with Crippen molar-refractivity contribution in [1.29, 1.82) is 0 Å². The summed E-state index contributed by atoms with van der Waals surface area (Å²) in [6.07, 6.45) is -1.06. The monoisotopic (exact) mass is 240 g/mol. The molecule has 1 heterocycles. The molecule has 0 saturated heterocycles. The predicted molar refractivity (Wildman–Crippen MR) is 62.2 cm³/mol. The van der Waals surface area contributed by atoms with E-state index in [-0.39, 0.29) is 0 Å². The first-order valence-corrected chi connectivity index (χ1v) is 5.85. The number of halogens is 1. The van der Waals surface area contributed by atoms with Crippen LogP contribution in [-0.4, -0.2) is 18.3 Å². The molecule has 0 fully saturated rings. The van der Waals surface area contributed by atoms with Crippen LogP contribution in [0.5, 0.6) is 11.5 Å². The summed E-state index contributed by atoms with van der Waals surface area (Å²) >= 11 is 0. The molecule has 0 amide bonds. The molecular weight excluding hydrogens is 223 g/mol. The van der Waals surface area contributed by atoms with Gasteiger partial charge in [0.1, 0.15) is 6.17 Å². The highest BCUT2D eigenvalue weighted by atomic mass is 19.1. The summed E-state index contributed by atoms with van der Waals surface area (Å²) < 4.78 is 24.5. The number of rotatable bonds is 2. The molecule has 3 nitrogen and oxygen atoms in total. The third-order valence-corrected chi connectivity index (χ3v) is 2.83.